The molecule has 1 aliphatic heterocycles. The zero-order valence-corrected chi connectivity index (χ0v) is 11.8. The van der Waals surface area contributed by atoms with Gasteiger partial charge in [-0.2, -0.15) is 0 Å². The summed E-state index contributed by atoms with van der Waals surface area (Å²) in [5.41, 5.74) is 0.917. The minimum Gasteiger partial charge on any atom is -0.369 e. The summed E-state index contributed by atoms with van der Waals surface area (Å²) in [7, 11) is 3.27. The van der Waals surface area contributed by atoms with E-state index >= 15 is 0 Å². The van der Waals surface area contributed by atoms with E-state index in [1.807, 2.05) is 4.90 Å². The van der Waals surface area contributed by atoms with Crippen molar-refractivity contribution in [2.24, 2.45) is 5.92 Å². The number of benzene rings is 1. The van der Waals surface area contributed by atoms with Crippen molar-refractivity contribution in [2.75, 3.05) is 32.2 Å². The summed E-state index contributed by atoms with van der Waals surface area (Å²) in [5.74, 6) is -0.0124. The molecule has 0 amide bonds. The number of nitrogens with zero attached hydrogens (tertiary/aromatic N) is 1. The Bertz CT molecular complexity index is 454. The second-order valence-electron chi connectivity index (χ2n) is 4.99. The molecular formula is C15H20FNO3. The van der Waals surface area contributed by atoms with Crippen LogP contribution in [0.3, 0.4) is 0 Å². The molecular weight excluding hydrogens is 261 g/mol. The molecule has 0 saturated carbocycles. The highest BCUT2D eigenvalue weighted by molar-refractivity contribution is 5.76. The summed E-state index contributed by atoms with van der Waals surface area (Å²) < 4.78 is 24.5. The van der Waals surface area contributed by atoms with E-state index in [-0.39, 0.29) is 12.1 Å². The van der Waals surface area contributed by atoms with Crippen LogP contribution in [-0.2, 0) is 9.47 Å². The topological polar surface area (TPSA) is 38.8 Å². The lowest BCUT2D eigenvalue weighted by Crippen LogP contribution is -2.39. The number of carbonyl (C=O) groups excluding carboxylic acids is 1. The minimum absolute atomic E-state index is 0.195. The van der Waals surface area contributed by atoms with Crippen LogP contribution in [0.2, 0.25) is 0 Å². The van der Waals surface area contributed by atoms with Crippen LogP contribution in [0.15, 0.2) is 18.2 Å². The molecule has 1 aliphatic rings. The number of hydrogen-bond donors (Lipinski definition) is 0. The molecule has 0 aromatic heterocycles. The number of anilines is 1. The Morgan fingerprint density at radius 3 is 2.45 bits per heavy atom. The van der Waals surface area contributed by atoms with Gasteiger partial charge in [0.1, 0.15) is 12.1 Å². The third-order valence-corrected chi connectivity index (χ3v) is 3.84. The van der Waals surface area contributed by atoms with Crippen molar-refractivity contribution >= 4 is 12.0 Å². The van der Waals surface area contributed by atoms with Crippen molar-refractivity contribution in [3.05, 3.63) is 29.6 Å². The molecule has 2 rings (SSSR count). The lowest BCUT2D eigenvalue weighted by atomic mass is 9.95. The van der Waals surface area contributed by atoms with E-state index < -0.39 is 0 Å². The molecule has 0 unspecified atom stereocenters. The van der Waals surface area contributed by atoms with Crippen LogP contribution in [0.1, 0.15) is 23.2 Å². The van der Waals surface area contributed by atoms with E-state index in [0.29, 0.717) is 23.5 Å². The number of carbonyl (C=O) groups is 1. The molecule has 0 aliphatic carbocycles. The van der Waals surface area contributed by atoms with Crippen molar-refractivity contribution < 1.29 is 18.7 Å². The van der Waals surface area contributed by atoms with Crippen LogP contribution in [0.4, 0.5) is 10.1 Å². The average Bonchev–Trinajstić information content (AvgIpc) is 2.49. The van der Waals surface area contributed by atoms with Gasteiger partial charge in [0.25, 0.3) is 0 Å². The quantitative estimate of drug-likeness (QED) is 0.614. The molecule has 20 heavy (non-hydrogen) atoms. The van der Waals surface area contributed by atoms with E-state index in [1.54, 1.807) is 26.4 Å². The molecule has 110 valence electrons. The first-order chi connectivity index (χ1) is 9.69. The van der Waals surface area contributed by atoms with Crippen molar-refractivity contribution in [3.63, 3.8) is 0 Å². The predicted molar refractivity (Wildman–Crippen MR) is 74.5 cm³/mol. The van der Waals surface area contributed by atoms with Gasteiger partial charge in [-0.25, -0.2) is 4.39 Å². The van der Waals surface area contributed by atoms with Crippen molar-refractivity contribution in [1.29, 1.82) is 0 Å². The van der Waals surface area contributed by atoms with Crippen LogP contribution in [0, 0.1) is 11.7 Å². The highest BCUT2D eigenvalue weighted by Crippen LogP contribution is 2.28. The first kappa shape index (κ1) is 14.9. The van der Waals surface area contributed by atoms with Crippen molar-refractivity contribution in [3.8, 4) is 0 Å². The molecule has 0 radical (unpaired) electrons. The second-order valence-corrected chi connectivity index (χ2v) is 4.99. The summed E-state index contributed by atoms with van der Waals surface area (Å²) in [5, 5.41) is 0. The lowest BCUT2D eigenvalue weighted by molar-refractivity contribution is -0.141. The van der Waals surface area contributed by atoms with Gasteiger partial charge in [0.05, 0.1) is 5.69 Å². The van der Waals surface area contributed by atoms with E-state index in [1.165, 1.54) is 6.07 Å². The van der Waals surface area contributed by atoms with Crippen LogP contribution >= 0.6 is 0 Å². The van der Waals surface area contributed by atoms with Crippen LogP contribution in [-0.4, -0.2) is 39.9 Å². The van der Waals surface area contributed by atoms with Gasteiger partial charge in [-0.1, -0.05) is 0 Å². The summed E-state index contributed by atoms with van der Waals surface area (Å²) in [4.78, 5) is 12.6. The standard InChI is InChI=1S/C15H20FNO3/c1-19-15(20-2)12-5-7-17(8-6-12)14-4-3-11(10-18)9-13(14)16/h3-4,9-10,12,15H,5-8H2,1-2H3. The Kier molecular flexibility index (Phi) is 5.09. The SMILES string of the molecule is COC(OC)C1CCN(c2ccc(C=O)cc2F)CC1. The van der Waals surface area contributed by atoms with Gasteiger partial charge in [0.2, 0.25) is 0 Å². The van der Waals surface area contributed by atoms with Crippen LogP contribution in [0.25, 0.3) is 0 Å². The highest BCUT2D eigenvalue weighted by Gasteiger charge is 2.27. The van der Waals surface area contributed by atoms with Crippen LogP contribution in [0.5, 0.6) is 0 Å². The Morgan fingerprint density at radius 1 is 1.30 bits per heavy atom. The zero-order valence-electron chi connectivity index (χ0n) is 11.8. The van der Waals surface area contributed by atoms with Gasteiger partial charge >= 0.3 is 0 Å². The fourth-order valence-electron chi connectivity index (χ4n) is 2.75. The Balaban J connectivity index is 2.02. The second kappa shape index (κ2) is 6.81. The molecule has 0 bridgehead atoms. The summed E-state index contributed by atoms with van der Waals surface area (Å²) in [6, 6.07) is 4.59. The molecule has 0 spiro atoms. The van der Waals surface area contributed by atoms with Gasteiger partial charge in [-0.3, -0.25) is 4.79 Å². The smallest absolute Gasteiger partial charge is 0.159 e. The Morgan fingerprint density at radius 2 is 1.95 bits per heavy atom. The molecule has 0 N–H and O–H groups in total. The number of hydrogen-bond acceptors (Lipinski definition) is 4. The molecule has 1 saturated heterocycles. The van der Waals surface area contributed by atoms with Gasteiger partial charge in [-0.05, 0) is 31.0 Å². The van der Waals surface area contributed by atoms with Crippen molar-refractivity contribution in [1.82, 2.24) is 0 Å². The number of halogens is 1. The number of ether oxygens (including phenoxy) is 2. The average molecular weight is 281 g/mol. The maximum atomic E-state index is 14.0. The third kappa shape index (κ3) is 3.16. The normalized spacial score (nSPS) is 16.7. The van der Waals surface area contributed by atoms with E-state index in [4.69, 9.17) is 9.47 Å². The Hall–Kier alpha value is -1.46. The maximum absolute atomic E-state index is 14.0. The predicted octanol–water partition coefficient (Wildman–Crippen LogP) is 2.47. The molecule has 4 nitrogen and oxygen atoms in total. The van der Waals surface area contributed by atoms with Gasteiger partial charge in [0, 0.05) is 38.8 Å². The summed E-state index contributed by atoms with van der Waals surface area (Å²) >= 11 is 0. The highest BCUT2D eigenvalue weighted by atomic mass is 19.1. The molecule has 1 aromatic rings. The molecule has 0 atom stereocenters. The minimum atomic E-state index is -0.344. The van der Waals surface area contributed by atoms with E-state index in [0.717, 1.165) is 25.9 Å². The summed E-state index contributed by atoms with van der Waals surface area (Å²) in [6.07, 6.45) is 2.24. The van der Waals surface area contributed by atoms with E-state index in [2.05, 4.69) is 0 Å². The fourth-order valence-corrected chi connectivity index (χ4v) is 2.75. The van der Waals surface area contributed by atoms with Gasteiger partial charge in [-0.15, -0.1) is 0 Å². The number of rotatable bonds is 5. The molecule has 1 heterocycles. The first-order valence-electron chi connectivity index (χ1n) is 6.75. The maximum Gasteiger partial charge on any atom is 0.159 e. The van der Waals surface area contributed by atoms with Crippen LogP contribution < -0.4 is 4.90 Å². The Labute approximate surface area is 118 Å². The molecule has 1 aromatic carbocycles. The monoisotopic (exact) mass is 281 g/mol. The summed E-state index contributed by atoms with van der Waals surface area (Å²) in [6.45, 7) is 1.51. The molecule has 5 heteroatoms. The van der Waals surface area contributed by atoms with E-state index in [9.17, 15) is 9.18 Å². The third-order valence-electron chi connectivity index (χ3n) is 3.84. The number of methoxy groups -OCH3 is 2. The zero-order chi connectivity index (χ0) is 14.5. The molecule has 1 fully saturated rings. The van der Waals surface area contributed by atoms with Gasteiger partial charge in [0.15, 0.2) is 6.29 Å². The van der Waals surface area contributed by atoms with Crippen molar-refractivity contribution in [2.45, 2.75) is 19.1 Å². The number of piperidine rings is 1. The number of aldehydes is 1. The largest absolute Gasteiger partial charge is 0.369 e. The fraction of sp³-hybridized carbons (Fsp3) is 0.533. The lowest BCUT2D eigenvalue weighted by Gasteiger charge is -2.36. The van der Waals surface area contributed by atoms with Gasteiger partial charge < -0.3 is 14.4 Å². The first-order valence-corrected chi connectivity index (χ1v) is 6.75.